The number of likely N-dealkylation sites (tertiary alicyclic amines) is 1. The topological polar surface area (TPSA) is 61.9 Å². The zero-order valence-corrected chi connectivity index (χ0v) is 14.2. The van der Waals surface area contributed by atoms with Crippen LogP contribution in [0.15, 0.2) is 30.3 Å². The van der Waals surface area contributed by atoms with Gasteiger partial charge in [0.15, 0.2) is 0 Å². The predicted octanol–water partition coefficient (Wildman–Crippen LogP) is 0.990. The fraction of sp³-hybridized carbons (Fsp3) is 0.625. The lowest BCUT2D eigenvalue weighted by molar-refractivity contribution is 0.0722. The minimum Gasteiger partial charge on any atom is -0.379 e. The van der Waals surface area contributed by atoms with Gasteiger partial charge in [-0.25, -0.2) is 0 Å². The summed E-state index contributed by atoms with van der Waals surface area (Å²) < 4.78 is 35.0. The molecule has 1 atom stereocenters. The molecule has 2 aliphatic heterocycles. The van der Waals surface area contributed by atoms with Crippen LogP contribution in [-0.2, 0) is 14.9 Å². The quantitative estimate of drug-likeness (QED) is 0.840. The summed E-state index contributed by atoms with van der Waals surface area (Å²) in [6, 6.07) is 9.62. The summed E-state index contributed by atoms with van der Waals surface area (Å²) in [4.78, 5) is 2.33. The first-order valence-corrected chi connectivity index (χ1v) is 9.71. The first-order valence-electron chi connectivity index (χ1n) is 8.27. The normalized spacial score (nSPS) is 22.3. The number of morpholine rings is 1. The van der Waals surface area contributed by atoms with Gasteiger partial charge in [-0.3, -0.25) is 0 Å². The molecule has 2 saturated heterocycles. The predicted molar refractivity (Wildman–Crippen MR) is 89.3 cm³/mol. The molecule has 7 heteroatoms. The van der Waals surface area contributed by atoms with Crippen molar-refractivity contribution in [2.45, 2.75) is 18.9 Å². The molecule has 128 valence electrons. The number of nitrogens with one attached hydrogen (secondary N) is 1. The summed E-state index contributed by atoms with van der Waals surface area (Å²) in [6.45, 7) is 4.56. The molecule has 1 N–H and O–H groups in total. The molecular formula is C16H25N3O3S. The number of ether oxygens (including phenoxy) is 1. The molecule has 0 unspecified atom stereocenters. The molecule has 0 saturated carbocycles. The summed E-state index contributed by atoms with van der Waals surface area (Å²) in [6.07, 6.45) is 2.38. The number of hydrogen-bond donors (Lipinski definition) is 1. The minimum atomic E-state index is -3.50. The van der Waals surface area contributed by atoms with E-state index in [1.54, 1.807) is 0 Å². The van der Waals surface area contributed by atoms with Gasteiger partial charge < -0.3 is 9.64 Å². The highest BCUT2D eigenvalue weighted by Gasteiger charge is 2.29. The van der Waals surface area contributed by atoms with E-state index in [2.05, 4.69) is 9.62 Å². The van der Waals surface area contributed by atoms with Gasteiger partial charge in [-0.05, 0) is 31.5 Å². The van der Waals surface area contributed by atoms with Gasteiger partial charge in [0.1, 0.15) is 0 Å². The lowest BCUT2D eigenvalue weighted by Gasteiger charge is -2.30. The molecule has 2 aliphatic rings. The molecule has 0 bridgehead atoms. The molecule has 0 radical (unpaired) electrons. The second-order valence-corrected chi connectivity index (χ2v) is 7.81. The number of rotatable bonds is 6. The van der Waals surface area contributed by atoms with Crippen molar-refractivity contribution in [1.82, 2.24) is 13.9 Å². The molecule has 0 amide bonds. The summed E-state index contributed by atoms with van der Waals surface area (Å²) in [5.41, 5.74) is 1.01. The first kappa shape index (κ1) is 16.9. The van der Waals surface area contributed by atoms with Crippen molar-refractivity contribution in [1.29, 1.82) is 0 Å². The first-order chi connectivity index (χ1) is 11.1. The van der Waals surface area contributed by atoms with E-state index in [1.807, 2.05) is 30.3 Å². The second-order valence-electron chi connectivity index (χ2n) is 6.11. The maximum atomic E-state index is 12.7. The van der Waals surface area contributed by atoms with E-state index < -0.39 is 10.2 Å². The van der Waals surface area contributed by atoms with Crippen LogP contribution in [0.1, 0.15) is 24.4 Å². The molecule has 23 heavy (non-hydrogen) atoms. The highest BCUT2D eigenvalue weighted by Crippen LogP contribution is 2.19. The summed E-state index contributed by atoms with van der Waals surface area (Å²) >= 11 is 0. The van der Waals surface area contributed by atoms with Crippen molar-refractivity contribution in [2.75, 3.05) is 45.9 Å². The Labute approximate surface area is 138 Å². The Morgan fingerprint density at radius 2 is 1.70 bits per heavy atom. The van der Waals surface area contributed by atoms with Crippen molar-refractivity contribution in [3.63, 3.8) is 0 Å². The lowest BCUT2D eigenvalue weighted by Crippen LogP contribution is -2.49. The van der Waals surface area contributed by atoms with Gasteiger partial charge in [0.25, 0.3) is 10.2 Å². The van der Waals surface area contributed by atoms with E-state index in [4.69, 9.17) is 4.74 Å². The van der Waals surface area contributed by atoms with Crippen molar-refractivity contribution in [3.8, 4) is 0 Å². The van der Waals surface area contributed by atoms with Gasteiger partial charge in [-0.1, -0.05) is 30.3 Å². The Balaban J connectivity index is 1.74. The van der Waals surface area contributed by atoms with Crippen LogP contribution >= 0.6 is 0 Å². The third kappa shape index (κ3) is 4.51. The van der Waals surface area contributed by atoms with E-state index in [0.717, 1.165) is 18.7 Å². The zero-order chi connectivity index (χ0) is 16.1. The van der Waals surface area contributed by atoms with Crippen molar-refractivity contribution in [3.05, 3.63) is 35.9 Å². The van der Waals surface area contributed by atoms with Gasteiger partial charge in [0.05, 0.1) is 19.3 Å². The summed E-state index contributed by atoms with van der Waals surface area (Å²) in [7, 11) is -3.50. The molecule has 0 aliphatic carbocycles. The van der Waals surface area contributed by atoms with E-state index in [0.29, 0.717) is 32.8 Å². The molecule has 2 fully saturated rings. The molecule has 1 aromatic rings. The molecular weight excluding hydrogens is 314 g/mol. The highest BCUT2D eigenvalue weighted by molar-refractivity contribution is 7.87. The third-order valence-corrected chi connectivity index (χ3v) is 6.07. The largest absolute Gasteiger partial charge is 0.379 e. The van der Waals surface area contributed by atoms with E-state index in [9.17, 15) is 8.42 Å². The van der Waals surface area contributed by atoms with Crippen molar-refractivity contribution >= 4 is 10.2 Å². The van der Waals surface area contributed by atoms with Gasteiger partial charge in [0.2, 0.25) is 0 Å². The van der Waals surface area contributed by atoms with Crippen molar-refractivity contribution < 1.29 is 13.2 Å². The number of hydrogen-bond acceptors (Lipinski definition) is 4. The van der Waals surface area contributed by atoms with Crippen LogP contribution < -0.4 is 4.72 Å². The van der Waals surface area contributed by atoms with Crippen LogP contribution in [0.25, 0.3) is 0 Å². The van der Waals surface area contributed by atoms with Crippen LogP contribution in [-0.4, -0.2) is 63.6 Å². The van der Waals surface area contributed by atoms with Crippen LogP contribution in [0.4, 0.5) is 0 Å². The molecule has 0 spiro atoms. The fourth-order valence-electron chi connectivity index (χ4n) is 3.16. The Kier molecular flexibility index (Phi) is 5.66. The van der Waals surface area contributed by atoms with Crippen LogP contribution in [0, 0.1) is 0 Å². The Hall–Kier alpha value is -0.990. The zero-order valence-electron chi connectivity index (χ0n) is 13.4. The van der Waals surface area contributed by atoms with Crippen LogP contribution in [0.2, 0.25) is 0 Å². The second kappa shape index (κ2) is 7.72. The number of nitrogens with zero attached hydrogens (tertiary/aromatic N) is 2. The van der Waals surface area contributed by atoms with Gasteiger partial charge >= 0.3 is 0 Å². The Morgan fingerprint density at radius 3 is 2.35 bits per heavy atom. The summed E-state index contributed by atoms with van der Waals surface area (Å²) in [5, 5.41) is 0. The highest BCUT2D eigenvalue weighted by atomic mass is 32.2. The SMILES string of the molecule is O=S(=O)(N[C@@H](CN1CCCC1)c1ccccc1)N1CCOCC1. The Morgan fingerprint density at radius 1 is 1.04 bits per heavy atom. The van der Waals surface area contributed by atoms with E-state index in [1.165, 1.54) is 17.1 Å². The maximum absolute atomic E-state index is 12.7. The Bertz CT molecular complexity index is 582. The molecule has 3 rings (SSSR count). The van der Waals surface area contributed by atoms with Crippen LogP contribution in [0.5, 0.6) is 0 Å². The minimum absolute atomic E-state index is 0.220. The smallest absolute Gasteiger partial charge is 0.280 e. The van der Waals surface area contributed by atoms with Gasteiger partial charge in [-0.15, -0.1) is 0 Å². The average Bonchev–Trinajstić information content (AvgIpc) is 3.09. The fourth-order valence-corrected chi connectivity index (χ4v) is 4.51. The number of benzene rings is 1. The third-order valence-electron chi connectivity index (χ3n) is 4.44. The molecule has 1 aromatic carbocycles. The molecule has 6 nitrogen and oxygen atoms in total. The monoisotopic (exact) mass is 339 g/mol. The van der Waals surface area contributed by atoms with E-state index >= 15 is 0 Å². The molecule has 2 heterocycles. The maximum Gasteiger partial charge on any atom is 0.280 e. The van der Waals surface area contributed by atoms with E-state index in [-0.39, 0.29) is 6.04 Å². The lowest BCUT2D eigenvalue weighted by atomic mass is 10.1. The standard InChI is InChI=1S/C16H25N3O3S/c20-23(21,19-10-12-22-13-11-19)17-16(14-18-8-4-5-9-18)15-6-2-1-3-7-15/h1-3,6-7,16-17H,4-5,8-14H2/t16-/m0/s1. The van der Waals surface area contributed by atoms with Crippen molar-refractivity contribution in [2.24, 2.45) is 0 Å². The molecule has 0 aromatic heterocycles. The van der Waals surface area contributed by atoms with Crippen LogP contribution in [0.3, 0.4) is 0 Å². The van der Waals surface area contributed by atoms with Gasteiger partial charge in [0, 0.05) is 19.6 Å². The average molecular weight is 339 g/mol. The summed E-state index contributed by atoms with van der Waals surface area (Å²) in [5.74, 6) is 0. The van der Waals surface area contributed by atoms with Gasteiger partial charge in [-0.2, -0.15) is 17.4 Å².